The fourth-order valence-electron chi connectivity index (χ4n) is 8.88. The van der Waals surface area contributed by atoms with E-state index in [1.807, 2.05) is 43.3 Å². The van der Waals surface area contributed by atoms with E-state index in [1.54, 1.807) is 74.3 Å². The number of nitrogens with one attached hydrogen (secondary N) is 2. The average molecular weight is 1120 g/mol. The Hall–Kier alpha value is -6.95. The minimum absolute atomic E-state index is 0.0969. The Morgan fingerprint density at radius 2 is 1.22 bits per heavy atom. The van der Waals surface area contributed by atoms with Gasteiger partial charge in [-0.3, -0.25) is 24.4 Å². The van der Waals surface area contributed by atoms with E-state index < -0.39 is 6.09 Å². The third-order valence-electron chi connectivity index (χ3n) is 12.8. The van der Waals surface area contributed by atoms with Crippen molar-refractivity contribution in [2.75, 3.05) is 93.3 Å². The van der Waals surface area contributed by atoms with Crippen LogP contribution in [0.2, 0.25) is 0 Å². The highest BCUT2D eigenvalue weighted by atomic mass is 33.1. The number of hydrogen-bond donors (Lipinski definition) is 2. The third-order valence-corrected chi connectivity index (χ3v) is 15.5. The summed E-state index contributed by atoms with van der Waals surface area (Å²) in [4.78, 5) is 69.4. The minimum atomic E-state index is -0.491. The van der Waals surface area contributed by atoms with E-state index in [2.05, 4.69) is 38.8 Å². The smallest absolute Gasteiger partial charge is 0.407 e. The van der Waals surface area contributed by atoms with Gasteiger partial charge in [0.1, 0.15) is 24.8 Å². The fourth-order valence-corrected chi connectivity index (χ4v) is 10.8. The molecule has 0 radical (unpaired) electrons. The summed E-state index contributed by atoms with van der Waals surface area (Å²) >= 11 is 0. The summed E-state index contributed by atoms with van der Waals surface area (Å²) in [5.74, 6) is 1.07. The maximum absolute atomic E-state index is 13.6. The number of methoxy groups -OCH3 is 2. The van der Waals surface area contributed by atoms with Crippen LogP contribution in [0.5, 0.6) is 23.0 Å². The second kappa shape index (κ2) is 29.3. The molecular formula is C57H67N7O13S2. The lowest BCUT2D eigenvalue weighted by Crippen LogP contribution is -2.35. The normalized spacial score (nSPS) is 16.6. The van der Waals surface area contributed by atoms with Crippen LogP contribution >= 0.6 is 21.6 Å². The lowest BCUT2D eigenvalue weighted by Gasteiger charge is -2.20. The highest BCUT2D eigenvalue weighted by Crippen LogP contribution is 2.41. The fraction of sp³-hybridized carbons (Fsp3) is 0.421. The van der Waals surface area contributed by atoms with Gasteiger partial charge in [-0.1, -0.05) is 53.3 Å². The molecule has 5 heterocycles. The van der Waals surface area contributed by atoms with Gasteiger partial charge in [0, 0.05) is 68.6 Å². The summed E-state index contributed by atoms with van der Waals surface area (Å²) in [6, 6.07) is 18.0. The quantitative estimate of drug-likeness (QED) is 0.0288. The molecule has 420 valence electrons. The lowest BCUT2D eigenvalue weighted by molar-refractivity contribution is -0.122. The number of alkyl carbamates (subject to hydrolysis) is 1. The number of benzene rings is 3. The molecule has 4 aliphatic rings. The Labute approximate surface area is 468 Å². The van der Waals surface area contributed by atoms with Crippen molar-refractivity contribution < 1.29 is 61.8 Å². The van der Waals surface area contributed by atoms with Gasteiger partial charge in [0.25, 0.3) is 11.8 Å². The van der Waals surface area contributed by atoms with Gasteiger partial charge < -0.3 is 63.1 Å². The third kappa shape index (κ3) is 16.8. The molecule has 0 saturated carbocycles. The molecule has 2 saturated heterocycles. The maximum Gasteiger partial charge on any atom is 0.407 e. The van der Waals surface area contributed by atoms with Crippen molar-refractivity contribution >= 4 is 69.2 Å². The summed E-state index contributed by atoms with van der Waals surface area (Å²) in [6.45, 7) is 14.7. The van der Waals surface area contributed by atoms with E-state index in [0.717, 1.165) is 32.9 Å². The Morgan fingerprint density at radius 1 is 0.684 bits per heavy atom. The molecule has 4 aliphatic heterocycles. The molecule has 20 nitrogen and oxygen atoms in total. The summed E-state index contributed by atoms with van der Waals surface area (Å²) < 4.78 is 51.8. The average Bonchev–Trinajstić information content (AvgIpc) is 4.13. The summed E-state index contributed by atoms with van der Waals surface area (Å²) in [5.41, 5.74) is 6.08. The zero-order valence-corrected chi connectivity index (χ0v) is 46.4. The second-order valence-corrected chi connectivity index (χ2v) is 21.6. The minimum Gasteiger partial charge on any atom is -0.493 e. The van der Waals surface area contributed by atoms with Crippen LogP contribution in [-0.4, -0.2) is 162 Å². The van der Waals surface area contributed by atoms with Crippen LogP contribution in [0.4, 0.5) is 16.2 Å². The van der Waals surface area contributed by atoms with Crippen LogP contribution in [0, 0.1) is 0 Å². The van der Waals surface area contributed by atoms with Gasteiger partial charge in [-0.05, 0) is 77.6 Å². The zero-order chi connectivity index (χ0) is 55.5. The van der Waals surface area contributed by atoms with Crippen LogP contribution in [0.15, 0.2) is 106 Å². The number of pyridine rings is 1. The molecule has 1 aromatic heterocycles. The van der Waals surface area contributed by atoms with Crippen LogP contribution in [-0.2, 0) is 48.2 Å². The standard InChI is InChI=1S/C57H67N7O13S2/c1-37-20-43-30-60-47-27-51(49(69-4)25-45(47)55(66)63(43)32-37)75-35-41-22-40(23-42(24-41)36-76-52-28-48-46(26-50(52)70-5)56(67)64-33-38(2)21-44(64)31-61-48)29-62-53(65)9-12-71-14-16-73-18-19-74-17-15-72-13-11-59-57(68)77-34-39(3)78-79-54-8-6-7-10-58-54/h6-8,10,22-28,30-31,39,43-44H,1-2,9,11-21,29,32-36H2,3-5H3,(H,59,68)(H,62,65)/t39-,43+,44+/m1/s1. The van der Waals surface area contributed by atoms with Gasteiger partial charge in [-0.15, -0.1) is 0 Å². The van der Waals surface area contributed by atoms with Crippen molar-refractivity contribution in [1.29, 1.82) is 0 Å². The number of amides is 4. The molecule has 3 atom stereocenters. The van der Waals surface area contributed by atoms with Crippen molar-refractivity contribution in [3.8, 4) is 23.0 Å². The van der Waals surface area contributed by atoms with E-state index in [0.29, 0.717) is 124 Å². The molecule has 3 aromatic carbocycles. The molecule has 0 spiro atoms. The van der Waals surface area contributed by atoms with Gasteiger partial charge in [-0.2, -0.15) is 0 Å². The van der Waals surface area contributed by atoms with Gasteiger partial charge >= 0.3 is 6.09 Å². The molecule has 4 amide bonds. The van der Waals surface area contributed by atoms with Crippen molar-refractivity contribution in [2.24, 2.45) is 9.98 Å². The van der Waals surface area contributed by atoms with Crippen LogP contribution < -0.4 is 29.6 Å². The number of ether oxygens (including phenoxy) is 9. The van der Waals surface area contributed by atoms with Crippen molar-refractivity contribution in [3.05, 3.63) is 119 Å². The monoisotopic (exact) mass is 1120 g/mol. The van der Waals surface area contributed by atoms with E-state index in [4.69, 9.17) is 42.6 Å². The topological polar surface area (TPSA) is 219 Å². The summed E-state index contributed by atoms with van der Waals surface area (Å²) in [7, 11) is 6.17. The van der Waals surface area contributed by atoms with E-state index in [1.165, 1.54) is 14.2 Å². The highest BCUT2D eigenvalue weighted by molar-refractivity contribution is 8.76. The lowest BCUT2D eigenvalue weighted by atomic mass is 10.1. The van der Waals surface area contributed by atoms with Crippen molar-refractivity contribution in [1.82, 2.24) is 25.4 Å². The first kappa shape index (κ1) is 58.2. The molecular weight excluding hydrogens is 1050 g/mol. The largest absolute Gasteiger partial charge is 0.493 e. The summed E-state index contributed by atoms with van der Waals surface area (Å²) in [6.07, 6.45) is 6.27. The molecule has 79 heavy (non-hydrogen) atoms. The van der Waals surface area contributed by atoms with Crippen molar-refractivity contribution in [2.45, 2.75) is 68.3 Å². The van der Waals surface area contributed by atoms with Gasteiger partial charge in [-0.25, -0.2) is 9.78 Å². The Kier molecular flexibility index (Phi) is 21.6. The van der Waals surface area contributed by atoms with E-state index >= 15 is 0 Å². The predicted molar refractivity (Wildman–Crippen MR) is 301 cm³/mol. The number of carbonyl (C=O) groups excluding carboxylic acids is 4. The molecule has 22 heteroatoms. The molecule has 4 aromatic rings. The van der Waals surface area contributed by atoms with Gasteiger partial charge in [0.2, 0.25) is 5.91 Å². The molecule has 0 bridgehead atoms. The molecule has 2 fully saturated rings. The van der Waals surface area contributed by atoms with Crippen LogP contribution in [0.1, 0.15) is 63.6 Å². The zero-order valence-electron chi connectivity index (χ0n) is 44.7. The Morgan fingerprint density at radius 3 is 1.75 bits per heavy atom. The number of carbonyl (C=O) groups is 4. The number of nitrogens with zero attached hydrogens (tertiary/aromatic N) is 5. The Balaban J connectivity index is 0.768. The molecule has 0 aliphatic carbocycles. The van der Waals surface area contributed by atoms with Crippen molar-refractivity contribution in [3.63, 3.8) is 0 Å². The van der Waals surface area contributed by atoms with Crippen LogP contribution in [0.25, 0.3) is 0 Å². The van der Waals surface area contributed by atoms with Crippen LogP contribution in [0.3, 0.4) is 0 Å². The number of rotatable bonds is 30. The van der Waals surface area contributed by atoms with E-state index in [9.17, 15) is 19.2 Å². The number of aliphatic imine (C=N–C) groups is 2. The number of aromatic nitrogens is 1. The summed E-state index contributed by atoms with van der Waals surface area (Å²) in [5, 5.41) is 6.67. The molecule has 0 unspecified atom stereocenters. The van der Waals surface area contributed by atoms with Gasteiger partial charge in [0.05, 0.1) is 102 Å². The highest BCUT2D eigenvalue weighted by Gasteiger charge is 2.36. The number of fused-ring (bicyclic) bond motifs is 4. The van der Waals surface area contributed by atoms with Gasteiger partial charge in [0.15, 0.2) is 23.0 Å². The first-order chi connectivity index (χ1) is 38.4. The maximum atomic E-state index is 13.6. The Bertz CT molecular complexity index is 2740. The molecule has 8 rings (SSSR count). The second-order valence-electron chi connectivity index (χ2n) is 18.9. The SMILES string of the molecule is C=C1C[C@H]2C=Nc3cc(OCc4cc(CNC(=O)CCOCCOCCOCCOCCNC(=O)OC[C@@H](C)SSc5ccccn5)cc(COc5cc6c(cc5OC)C(=O)N5CC(=C)C[C@H]5C=N6)c4)c(OC)cc3C(=O)N2C1. The molecule has 2 N–H and O–H groups in total. The first-order valence-electron chi connectivity index (χ1n) is 26.0. The number of hydrogen-bond acceptors (Lipinski definition) is 18. The van der Waals surface area contributed by atoms with E-state index in [-0.39, 0.29) is 74.4 Å². The predicted octanol–water partition coefficient (Wildman–Crippen LogP) is 7.86. The first-order valence-corrected chi connectivity index (χ1v) is 28.2.